The molecule has 258 valence electrons. The van der Waals surface area contributed by atoms with Crippen LogP contribution >= 0.6 is 11.3 Å². The van der Waals surface area contributed by atoms with Crippen LogP contribution in [0.1, 0.15) is 35.7 Å². The number of thiazole rings is 1. The van der Waals surface area contributed by atoms with Gasteiger partial charge in [-0.1, -0.05) is 54.1 Å². The molecule has 2 aromatic heterocycles. The molecule has 13 heteroatoms. The molecule has 6 aromatic rings. The second-order valence-corrected chi connectivity index (χ2v) is 16.4. The summed E-state index contributed by atoms with van der Waals surface area (Å²) in [7, 11) is -8.28. The number of carbonyl (C=O) groups excluding carboxylic acids is 1. The fourth-order valence-corrected chi connectivity index (χ4v) is 8.79. The molecule has 0 N–H and O–H groups in total. The van der Waals surface area contributed by atoms with Crippen LogP contribution in [0.5, 0.6) is 11.5 Å². The standard InChI is InChI=1S/C37H33FN2O7S3/c1-4-46-34(41)16-13-25-7-5-8-26(19-25)20-28-23-48-37(39-28)27-9-6-10-29(21-27)47-35-32(38)22-33-31(36(35)49(3,42)43)17-18-40(33)50(44,45)30-14-11-24(2)12-15-30/h5-12,14-15,17-19,21-23H,4,13,16,20H2,1-3H3. The number of ether oxygens (including phenoxy) is 2. The molecule has 0 saturated carbocycles. The molecule has 0 bridgehead atoms. The van der Waals surface area contributed by atoms with Crippen molar-refractivity contribution < 1.29 is 35.5 Å². The third kappa shape index (κ3) is 7.49. The number of nitrogens with zero attached hydrogens (tertiary/aromatic N) is 2. The minimum atomic E-state index is -4.16. The van der Waals surface area contributed by atoms with Crippen molar-refractivity contribution >= 4 is 48.1 Å². The van der Waals surface area contributed by atoms with Crippen molar-refractivity contribution in [3.8, 4) is 22.1 Å². The second kappa shape index (κ2) is 14.2. The van der Waals surface area contributed by atoms with Crippen LogP contribution in [0.2, 0.25) is 0 Å². The molecule has 0 amide bonds. The quantitative estimate of drug-likeness (QED) is 0.117. The van der Waals surface area contributed by atoms with Crippen LogP contribution in [0.4, 0.5) is 4.39 Å². The summed E-state index contributed by atoms with van der Waals surface area (Å²) in [5.41, 5.74) is 4.31. The molecule has 50 heavy (non-hydrogen) atoms. The molecule has 0 fully saturated rings. The minimum Gasteiger partial charge on any atom is -0.466 e. The number of aryl methyl sites for hydroxylation is 2. The Labute approximate surface area is 293 Å². The van der Waals surface area contributed by atoms with Gasteiger partial charge in [-0.25, -0.2) is 30.2 Å². The number of esters is 1. The van der Waals surface area contributed by atoms with E-state index in [1.807, 2.05) is 42.6 Å². The number of benzene rings is 4. The molecular weight excluding hydrogens is 700 g/mol. The number of carbonyl (C=O) groups is 1. The van der Waals surface area contributed by atoms with Crippen LogP contribution in [0.15, 0.2) is 106 Å². The summed E-state index contributed by atoms with van der Waals surface area (Å²) in [5, 5.41) is 2.63. The van der Waals surface area contributed by atoms with E-state index in [4.69, 9.17) is 14.5 Å². The molecule has 0 radical (unpaired) electrons. The fraction of sp³-hybridized carbons (Fsp3) is 0.189. The Bertz CT molecular complexity index is 2440. The minimum absolute atomic E-state index is 0.00488. The molecule has 0 atom stereocenters. The average Bonchev–Trinajstić information content (AvgIpc) is 3.72. The molecule has 6 rings (SSSR count). The van der Waals surface area contributed by atoms with Crippen LogP contribution in [0.25, 0.3) is 21.5 Å². The summed E-state index contributed by atoms with van der Waals surface area (Å²) in [6, 6.07) is 23.1. The molecule has 2 heterocycles. The molecule has 4 aromatic carbocycles. The van der Waals surface area contributed by atoms with Crippen LogP contribution in [0, 0.1) is 12.7 Å². The Morgan fingerprint density at radius 2 is 1.68 bits per heavy atom. The lowest BCUT2D eigenvalue weighted by Crippen LogP contribution is -2.12. The lowest BCUT2D eigenvalue weighted by Gasteiger charge is -2.14. The van der Waals surface area contributed by atoms with Gasteiger partial charge in [-0.2, -0.15) is 0 Å². The molecule has 9 nitrogen and oxygen atoms in total. The van der Waals surface area contributed by atoms with Crippen molar-refractivity contribution in [2.24, 2.45) is 0 Å². The lowest BCUT2D eigenvalue weighted by molar-refractivity contribution is -0.143. The number of sulfone groups is 1. The lowest BCUT2D eigenvalue weighted by atomic mass is 10.0. The number of halogens is 1. The zero-order chi connectivity index (χ0) is 35.6. The Balaban J connectivity index is 1.27. The Kier molecular flexibility index (Phi) is 9.92. The summed E-state index contributed by atoms with van der Waals surface area (Å²) >= 11 is 1.42. The van der Waals surface area contributed by atoms with Crippen molar-refractivity contribution in [3.63, 3.8) is 0 Å². The van der Waals surface area contributed by atoms with E-state index in [0.29, 0.717) is 36.4 Å². The highest BCUT2D eigenvalue weighted by Crippen LogP contribution is 2.40. The maximum Gasteiger partial charge on any atom is 0.306 e. The van der Waals surface area contributed by atoms with Crippen molar-refractivity contribution in [1.29, 1.82) is 0 Å². The fourth-order valence-electron chi connectivity index (χ4n) is 5.59. The van der Waals surface area contributed by atoms with Gasteiger partial charge < -0.3 is 9.47 Å². The Morgan fingerprint density at radius 1 is 0.940 bits per heavy atom. The van der Waals surface area contributed by atoms with Crippen molar-refractivity contribution in [2.45, 2.75) is 42.9 Å². The number of hydrogen-bond donors (Lipinski definition) is 0. The van der Waals surface area contributed by atoms with Crippen LogP contribution in [-0.4, -0.2) is 44.6 Å². The predicted molar refractivity (Wildman–Crippen MR) is 191 cm³/mol. The van der Waals surface area contributed by atoms with Crippen LogP contribution < -0.4 is 4.74 Å². The SMILES string of the molecule is CCOC(=O)CCc1cccc(Cc2csc(-c3cccc(Oc4c(F)cc5c(ccn5S(=O)(=O)c5ccc(C)cc5)c4S(C)(=O)=O)c3)n2)c1. The summed E-state index contributed by atoms with van der Waals surface area (Å²) in [5.74, 6) is -1.63. The van der Waals surface area contributed by atoms with Gasteiger partial charge in [0.2, 0.25) is 0 Å². The van der Waals surface area contributed by atoms with Gasteiger partial charge in [0.05, 0.1) is 22.7 Å². The van der Waals surface area contributed by atoms with E-state index in [9.17, 15) is 21.6 Å². The molecule has 0 saturated heterocycles. The first-order valence-electron chi connectivity index (χ1n) is 15.7. The number of fused-ring (bicyclic) bond motifs is 1. The zero-order valence-electron chi connectivity index (χ0n) is 27.4. The highest BCUT2D eigenvalue weighted by molar-refractivity contribution is 7.91. The van der Waals surface area contributed by atoms with E-state index >= 15 is 4.39 Å². The van der Waals surface area contributed by atoms with Crippen molar-refractivity contribution in [3.05, 3.63) is 125 Å². The van der Waals surface area contributed by atoms with Crippen molar-refractivity contribution in [1.82, 2.24) is 8.96 Å². The van der Waals surface area contributed by atoms with E-state index in [-0.39, 0.29) is 27.5 Å². The molecule has 0 aliphatic rings. The van der Waals surface area contributed by atoms with E-state index in [1.54, 1.807) is 37.3 Å². The van der Waals surface area contributed by atoms with Gasteiger partial charge in [-0.3, -0.25) is 4.79 Å². The normalized spacial score (nSPS) is 11.9. The van der Waals surface area contributed by atoms with Gasteiger partial charge in [0.25, 0.3) is 10.0 Å². The van der Waals surface area contributed by atoms with Gasteiger partial charge in [0.1, 0.15) is 15.7 Å². The Hall–Kier alpha value is -4.85. The van der Waals surface area contributed by atoms with Gasteiger partial charge in [0.15, 0.2) is 21.4 Å². The van der Waals surface area contributed by atoms with Crippen molar-refractivity contribution in [2.75, 3.05) is 12.9 Å². The number of rotatable bonds is 12. The summed E-state index contributed by atoms with van der Waals surface area (Å²) < 4.78 is 80.8. The first kappa shape index (κ1) is 35.0. The summed E-state index contributed by atoms with van der Waals surface area (Å²) in [6.45, 7) is 3.95. The smallest absolute Gasteiger partial charge is 0.306 e. The van der Waals surface area contributed by atoms with Crippen LogP contribution in [-0.2, 0) is 42.2 Å². The molecule has 0 aliphatic carbocycles. The highest BCUT2D eigenvalue weighted by Gasteiger charge is 2.28. The van der Waals surface area contributed by atoms with E-state index in [1.165, 1.54) is 35.7 Å². The zero-order valence-corrected chi connectivity index (χ0v) is 29.9. The van der Waals surface area contributed by atoms with Gasteiger partial charge in [-0.15, -0.1) is 11.3 Å². The van der Waals surface area contributed by atoms with Gasteiger partial charge in [0, 0.05) is 47.7 Å². The monoisotopic (exact) mass is 732 g/mol. The number of hydrogen-bond acceptors (Lipinski definition) is 9. The number of aromatic nitrogens is 2. The molecule has 0 unspecified atom stereocenters. The summed E-state index contributed by atoms with van der Waals surface area (Å²) in [4.78, 5) is 16.1. The molecule has 0 aliphatic heterocycles. The maximum absolute atomic E-state index is 15.9. The first-order chi connectivity index (χ1) is 23.8. The third-order valence-electron chi connectivity index (χ3n) is 7.92. The van der Waals surface area contributed by atoms with Gasteiger partial charge in [-0.05, 0) is 61.7 Å². The van der Waals surface area contributed by atoms with E-state index in [0.717, 1.165) is 38.7 Å². The van der Waals surface area contributed by atoms with E-state index in [2.05, 4.69) is 0 Å². The van der Waals surface area contributed by atoms with Gasteiger partial charge >= 0.3 is 5.97 Å². The topological polar surface area (TPSA) is 122 Å². The van der Waals surface area contributed by atoms with E-state index < -0.39 is 36.3 Å². The second-order valence-electron chi connectivity index (χ2n) is 11.7. The molecule has 0 spiro atoms. The Morgan fingerprint density at radius 3 is 2.42 bits per heavy atom. The largest absolute Gasteiger partial charge is 0.466 e. The average molecular weight is 733 g/mol. The van der Waals surface area contributed by atoms with Crippen LogP contribution in [0.3, 0.4) is 0 Å². The molecular formula is C37H33FN2O7S3. The predicted octanol–water partition coefficient (Wildman–Crippen LogP) is 7.73. The maximum atomic E-state index is 15.9. The highest BCUT2D eigenvalue weighted by atomic mass is 32.2. The third-order valence-corrected chi connectivity index (χ3v) is 11.7. The summed E-state index contributed by atoms with van der Waals surface area (Å²) in [6.07, 6.45) is 3.58. The first-order valence-corrected chi connectivity index (χ1v) is 19.9.